The summed E-state index contributed by atoms with van der Waals surface area (Å²) in [6.07, 6.45) is -3.30. The number of imidazole rings is 1. The first-order chi connectivity index (χ1) is 15.2. The summed E-state index contributed by atoms with van der Waals surface area (Å²) in [6, 6.07) is 7.57. The second-order valence-electron chi connectivity index (χ2n) is 7.53. The van der Waals surface area contributed by atoms with Crippen LogP contribution in [0, 0.1) is 0 Å². The van der Waals surface area contributed by atoms with E-state index in [2.05, 4.69) is 20.3 Å². The van der Waals surface area contributed by atoms with Gasteiger partial charge in [0.2, 0.25) is 5.28 Å². The van der Waals surface area contributed by atoms with Crippen molar-refractivity contribution in [3.63, 3.8) is 0 Å². The number of ether oxygens (including phenoxy) is 1. The van der Waals surface area contributed by atoms with Crippen molar-refractivity contribution in [1.29, 1.82) is 0 Å². The quantitative estimate of drug-likeness (QED) is 0.345. The molecule has 3 aromatic rings. The molecular weight excluding hydrogens is 462 g/mol. The summed E-state index contributed by atoms with van der Waals surface area (Å²) < 4.78 is 32.2. The number of benzene rings is 1. The van der Waals surface area contributed by atoms with Crippen LogP contribution in [0.4, 0.5) is 5.82 Å². The van der Waals surface area contributed by atoms with Crippen LogP contribution >= 0.6 is 11.6 Å². The third-order valence-corrected chi connectivity index (χ3v) is 7.24. The molecular formula is C19H22ClN5O6S. The van der Waals surface area contributed by atoms with Crippen molar-refractivity contribution in [1.82, 2.24) is 19.5 Å². The molecule has 4 rings (SSSR count). The largest absolute Gasteiger partial charge is 0.394 e. The van der Waals surface area contributed by atoms with Crippen molar-refractivity contribution >= 4 is 38.4 Å². The first-order valence-corrected chi connectivity index (χ1v) is 11.8. The summed E-state index contributed by atoms with van der Waals surface area (Å²) in [7, 11) is -3.54. The van der Waals surface area contributed by atoms with Crippen molar-refractivity contribution in [3.05, 3.63) is 41.9 Å². The molecule has 0 radical (unpaired) electrons. The van der Waals surface area contributed by atoms with Crippen LogP contribution < -0.4 is 5.32 Å². The number of halogens is 1. The minimum atomic E-state index is -3.54. The normalized spacial score (nSPS) is 24.7. The Morgan fingerprint density at radius 3 is 2.59 bits per heavy atom. The van der Waals surface area contributed by atoms with Gasteiger partial charge in [0, 0.05) is 6.04 Å². The molecule has 172 valence electrons. The summed E-state index contributed by atoms with van der Waals surface area (Å²) >= 11 is 6.08. The van der Waals surface area contributed by atoms with Crippen LogP contribution in [0.2, 0.25) is 5.28 Å². The highest BCUT2D eigenvalue weighted by molar-refractivity contribution is 7.91. The van der Waals surface area contributed by atoms with E-state index in [1.54, 1.807) is 25.1 Å². The van der Waals surface area contributed by atoms with Crippen molar-refractivity contribution in [3.8, 4) is 0 Å². The maximum Gasteiger partial charge on any atom is 0.226 e. The molecule has 0 spiro atoms. The number of aromatic nitrogens is 4. The smallest absolute Gasteiger partial charge is 0.226 e. The molecule has 3 unspecified atom stereocenters. The van der Waals surface area contributed by atoms with Gasteiger partial charge in [-0.3, -0.25) is 4.57 Å². The van der Waals surface area contributed by atoms with E-state index in [1.165, 1.54) is 23.0 Å². The first kappa shape index (κ1) is 22.8. The van der Waals surface area contributed by atoms with E-state index in [-0.39, 0.29) is 32.9 Å². The number of nitrogens with one attached hydrogen (secondary N) is 1. The summed E-state index contributed by atoms with van der Waals surface area (Å²) in [5.74, 6) is 0.0107. The SMILES string of the molecule is CC(CS(=O)(=O)c1ccccc1)Nc1nc(Cl)nc2c1ncn2[C@@H]1O[C@H](CO)C(O)C1O. The Hall–Kier alpha value is -2.35. The number of rotatable bonds is 7. The minimum Gasteiger partial charge on any atom is -0.394 e. The number of sulfone groups is 1. The first-order valence-electron chi connectivity index (χ1n) is 9.78. The fourth-order valence-electron chi connectivity index (χ4n) is 3.61. The standard InChI is InChI=1S/C19H22ClN5O6S/c1-10(8-32(29,30)11-5-3-2-4-6-11)22-16-13-17(24-19(20)23-16)25(9-21-13)18-15(28)14(27)12(7-26)31-18/h2-6,9-10,12,14-15,18,26-28H,7-8H2,1H3,(H,22,23,24)/t10?,12-,14?,15?,18-/m1/s1. The van der Waals surface area contributed by atoms with Gasteiger partial charge in [-0.15, -0.1) is 0 Å². The van der Waals surface area contributed by atoms with Crippen LogP contribution in [0.5, 0.6) is 0 Å². The average Bonchev–Trinajstić information content (AvgIpc) is 3.29. The molecule has 0 aliphatic carbocycles. The number of anilines is 1. The predicted molar refractivity (Wildman–Crippen MR) is 115 cm³/mol. The Bertz CT molecular complexity index is 1210. The zero-order valence-electron chi connectivity index (χ0n) is 16.9. The molecule has 1 fully saturated rings. The lowest BCUT2D eigenvalue weighted by molar-refractivity contribution is -0.0511. The van der Waals surface area contributed by atoms with Crippen LogP contribution in [0.25, 0.3) is 11.2 Å². The van der Waals surface area contributed by atoms with Gasteiger partial charge in [-0.1, -0.05) is 18.2 Å². The highest BCUT2D eigenvalue weighted by Gasteiger charge is 2.44. The van der Waals surface area contributed by atoms with Gasteiger partial charge in [0.05, 0.1) is 23.6 Å². The molecule has 1 aliphatic heterocycles. The van der Waals surface area contributed by atoms with Gasteiger partial charge in [-0.25, -0.2) is 13.4 Å². The molecule has 4 N–H and O–H groups in total. The Morgan fingerprint density at radius 1 is 1.22 bits per heavy atom. The van der Waals surface area contributed by atoms with Crippen LogP contribution in [0.3, 0.4) is 0 Å². The molecule has 32 heavy (non-hydrogen) atoms. The third kappa shape index (κ3) is 4.29. The van der Waals surface area contributed by atoms with E-state index in [1.807, 2.05) is 0 Å². The maximum atomic E-state index is 12.7. The van der Waals surface area contributed by atoms with E-state index < -0.39 is 47.0 Å². The van der Waals surface area contributed by atoms with Gasteiger partial charge in [0.25, 0.3) is 0 Å². The summed E-state index contributed by atoms with van der Waals surface area (Å²) in [6.45, 7) is 1.21. The number of aliphatic hydroxyl groups is 3. The second-order valence-corrected chi connectivity index (χ2v) is 9.91. The topological polar surface area (TPSA) is 160 Å². The Kier molecular flexibility index (Phi) is 6.34. The lowest BCUT2D eigenvalue weighted by Gasteiger charge is -2.17. The molecule has 0 bridgehead atoms. The van der Waals surface area contributed by atoms with Gasteiger partial charge in [-0.05, 0) is 30.7 Å². The van der Waals surface area contributed by atoms with Gasteiger partial charge in [0.1, 0.15) is 18.3 Å². The van der Waals surface area contributed by atoms with Crippen molar-refractivity contribution in [2.45, 2.75) is 42.4 Å². The predicted octanol–water partition coefficient (Wildman–Crippen LogP) is 0.365. The highest BCUT2D eigenvalue weighted by Crippen LogP contribution is 2.33. The lowest BCUT2D eigenvalue weighted by Crippen LogP contribution is -2.33. The van der Waals surface area contributed by atoms with Gasteiger partial charge in [-0.2, -0.15) is 9.97 Å². The molecule has 3 heterocycles. The second kappa shape index (κ2) is 8.89. The summed E-state index contributed by atoms with van der Waals surface area (Å²) in [4.78, 5) is 12.7. The average molecular weight is 484 g/mol. The monoisotopic (exact) mass is 483 g/mol. The highest BCUT2D eigenvalue weighted by atomic mass is 35.5. The molecule has 1 aliphatic rings. The fraction of sp³-hybridized carbons (Fsp3) is 0.421. The maximum absolute atomic E-state index is 12.7. The Balaban J connectivity index is 1.61. The van der Waals surface area contributed by atoms with E-state index in [0.29, 0.717) is 0 Å². The van der Waals surface area contributed by atoms with E-state index in [9.17, 15) is 23.7 Å². The molecule has 1 saturated heterocycles. The summed E-state index contributed by atoms with van der Waals surface area (Å²) in [5.41, 5.74) is 0.483. The molecule has 13 heteroatoms. The van der Waals surface area contributed by atoms with Gasteiger partial charge >= 0.3 is 0 Å². The van der Waals surface area contributed by atoms with Crippen molar-refractivity contribution in [2.24, 2.45) is 0 Å². The van der Waals surface area contributed by atoms with Crippen molar-refractivity contribution < 1.29 is 28.5 Å². The zero-order valence-corrected chi connectivity index (χ0v) is 18.5. The van der Waals surface area contributed by atoms with E-state index in [0.717, 1.165) is 0 Å². The van der Waals surface area contributed by atoms with Gasteiger partial charge in [0.15, 0.2) is 33.0 Å². The molecule has 0 amide bonds. The molecule has 0 saturated carbocycles. The molecule has 1 aromatic carbocycles. The molecule has 5 atom stereocenters. The number of nitrogens with zero attached hydrogens (tertiary/aromatic N) is 4. The van der Waals surface area contributed by atoms with Crippen LogP contribution in [0.15, 0.2) is 41.6 Å². The third-order valence-electron chi connectivity index (χ3n) is 5.14. The number of hydrogen-bond donors (Lipinski definition) is 4. The van der Waals surface area contributed by atoms with Crippen LogP contribution in [-0.4, -0.2) is 80.0 Å². The molecule has 2 aromatic heterocycles. The van der Waals surface area contributed by atoms with Gasteiger partial charge < -0.3 is 25.4 Å². The summed E-state index contributed by atoms with van der Waals surface area (Å²) in [5, 5.41) is 32.5. The fourth-order valence-corrected chi connectivity index (χ4v) is 5.29. The Morgan fingerprint density at radius 2 is 1.94 bits per heavy atom. The van der Waals surface area contributed by atoms with Crippen LogP contribution in [0.1, 0.15) is 13.2 Å². The zero-order chi connectivity index (χ0) is 23.0. The number of fused-ring (bicyclic) bond motifs is 1. The van der Waals surface area contributed by atoms with E-state index in [4.69, 9.17) is 16.3 Å². The van der Waals surface area contributed by atoms with Crippen LogP contribution in [-0.2, 0) is 14.6 Å². The minimum absolute atomic E-state index is 0.133. The Labute approximate surface area is 188 Å². The number of aliphatic hydroxyl groups excluding tert-OH is 3. The van der Waals surface area contributed by atoms with E-state index >= 15 is 0 Å². The number of hydrogen-bond acceptors (Lipinski definition) is 10. The van der Waals surface area contributed by atoms with Crippen molar-refractivity contribution in [2.75, 3.05) is 17.7 Å². The molecule has 11 nitrogen and oxygen atoms in total. The lowest BCUT2D eigenvalue weighted by atomic mass is 10.1.